The average molecular weight is 372 g/mol. The van der Waals surface area contributed by atoms with Gasteiger partial charge in [-0.15, -0.1) is 0 Å². The predicted octanol–water partition coefficient (Wildman–Crippen LogP) is 2.52. The summed E-state index contributed by atoms with van der Waals surface area (Å²) in [4.78, 5) is 20.2. The lowest BCUT2D eigenvalue weighted by atomic mass is 9.96. The van der Waals surface area contributed by atoms with Gasteiger partial charge in [0, 0.05) is 43.3 Å². The number of anilines is 1. The number of amides is 1. The van der Waals surface area contributed by atoms with Gasteiger partial charge in [-0.3, -0.25) is 0 Å². The first kappa shape index (κ1) is 17.8. The van der Waals surface area contributed by atoms with E-state index in [9.17, 15) is 4.79 Å². The lowest BCUT2D eigenvalue weighted by Gasteiger charge is -2.29. The summed E-state index contributed by atoms with van der Waals surface area (Å²) in [5.41, 5.74) is 2.06. The van der Waals surface area contributed by atoms with Gasteiger partial charge in [0.25, 0.3) is 5.89 Å². The lowest BCUT2D eigenvalue weighted by molar-refractivity contribution is 0.111. The van der Waals surface area contributed by atoms with Crippen LogP contribution in [0.25, 0.3) is 11.5 Å². The highest BCUT2D eigenvalue weighted by atomic mass is 16.5. The fraction of sp³-hybridized carbons (Fsp3) is 0.526. The number of aromatic nitrogens is 2. The number of piperidine rings is 1. The zero-order valence-corrected chi connectivity index (χ0v) is 15.5. The zero-order valence-electron chi connectivity index (χ0n) is 15.5. The van der Waals surface area contributed by atoms with Crippen molar-refractivity contribution in [1.82, 2.24) is 15.0 Å². The quantitative estimate of drug-likeness (QED) is 0.819. The number of ether oxygens (including phenoxy) is 2. The van der Waals surface area contributed by atoms with Crippen LogP contribution in [0.5, 0.6) is 0 Å². The maximum absolute atomic E-state index is 11.6. The second-order valence-electron chi connectivity index (χ2n) is 6.84. The van der Waals surface area contributed by atoms with Gasteiger partial charge in [-0.05, 0) is 31.0 Å². The standard InChI is InChI=1S/C19H24N4O4/c1-25-19(24)23-7-5-14(6-8-23)17-20-18(27-21-17)15-3-2-4-16(13-15)22-9-11-26-12-10-22/h2-4,13-14H,5-12H2,1H3. The summed E-state index contributed by atoms with van der Waals surface area (Å²) < 4.78 is 15.7. The Labute approximate surface area is 158 Å². The van der Waals surface area contributed by atoms with E-state index in [1.807, 2.05) is 12.1 Å². The molecule has 0 N–H and O–H groups in total. The Kier molecular flexibility index (Phi) is 5.24. The third-order valence-electron chi connectivity index (χ3n) is 5.20. The molecule has 2 aromatic rings. The Bertz CT molecular complexity index is 780. The topological polar surface area (TPSA) is 80.9 Å². The molecule has 0 bridgehead atoms. The minimum Gasteiger partial charge on any atom is -0.453 e. The number of hydrogen-bond donors (Lipinski definition) is 0. The molecule has 1 aromatic heterocycles. The van der Waals surface area contributed by atoms with E-state index in [1.54, 1.807) is 4.90 Å². The van der Waals surface area contributed by atoms with Gasteiger partial charge >= 0.3 is 6.09 Å². The number of carbonyl (C=O) groups is 1. The fourth-order valence-electron chi connectivity index (χ4n) is 3.62. The Balaban J connectivity index is 1.44. The third kappa shape index (κ3) is 3.90. The number of carbonyl (C=O) groups excluding carboxylic acids is 1. The monoisotopic (exact) mass is 372 g/mol. The summed E-state index contributed by atoms with van der Waals surface area (Å²) in [5, 5.41) is 4.19. The van der Waals surface area contributed by atoms with Crippen LogP contribution in [-0.2, 0) is 9.47 Å². The van der Waals surface area contributed by atoms with Crippen LogP contribution in [0.2, 0.25) is 0 Å². The summed E-state index contributed by atoms with van der Waals surface area (Å²) in [6, 6.07) is 8.18. The Morgan fingerprint density at radius 2 is 1.96 bits per heavy atom. The normalized spacial score (nSPS) is 18.6. The van der Waals surface area contributed by atoms with Crippen molar-refractivity contribution in [3.63, 3.8) is 0 Å². The number of likely N-dealkylation sites (tertiary alicyclic amines) is 1. The van der Waals surface area contributed by atoms with Gasteiger partial charge in [-0.25, -0.2) is 4.79 Å². The molecule has 8 heteroatoms. The highest BCUT2D eigenvalue weighted by Gasteiger charge is 2.27. The molecule has 0 radical (unpaired) electrons. The van der Waals surface area contributed by atoms with E-state index in [1.165, 1.54) is 7.11 Å². The smallest absolute Gasteiger partial charge is 0.409 e. The summed E-state index contributed by atoms with van der Waals surface area (Å²) >= 11 is 0. The van der Waals surface area contributed by atoms with E-state index in [4.69, 9.17) is 14.0 Å². The van der Waals surface area contributed by atoms with Gasteiger partial charge in [0.05, 0.1) is 20.3 Å². The summed E-state index contributed by atoms with van der Waals surface area (Å²) in [5.74, 6) is 1.45. The number of benzene rings is 1. The Morgan fingerprint density at radius 3 is 2.70 bits per heavy atom. The number of hydrogen-bond acceptors (Lipinski definition) is 7. The second-order valence-corrected chi connectivity index (χ2v) is 6.84. The third-order valence-corrected chi connectivity index (χ3v) is 5.20. The van der Waals surface area contributed by atoms with Crippen molar-refractivity contribution in [1.29, 1.82) is 0 Å². The molecule has 0 saturated carbocycles. The molecule has 0 aliphatic carbocycles. The molecule has 2 saturated heterocycles. The molecule has 2 fully saturated rings. The largest absolute Gasteiger partial charge is 0.453 e. The molecule has 144 valence electrons. The first-order chi connectivity index (χ1) is 13.2. The number of nitrogens with zero attached hydrogens (tertiary/aromatic N) is 4. The van der Waals surface area contributed by atoms with Crippen LogP contribution in [0.4, 0.5) is 10.5 Å². The molecule has 0 spiro atoms. The predicted molar refractivity (Wildman–Crippen MR) is 98.7 cm³/mol. The minimum absolute atomic E-state index is 0.200. The minimum atomic E-state index is -0.276. The van der Waals surface area contributed by atoms with Crippen LogP contribution in [0.15, 0.2) is 28.8 Å². The van der Waals surface area contributed by atoms with Gasteiger partial charge < -0.3 is 23.8 Å². The summed E-state index contributed by atoms with van der Waals surface area (Å²) in [6.07, 6.45) is 1.34. The first-order valence-corrected chi connectivity index (χ1v) is 9.34. The molecule has 0 unspecified atom stereocenters. The molecule has 3 heterocycles. The van der Waals surface area contributed by atoms with Crippen molar-refractivity contribution >= 4 is 11.8 Å². The van der Waals surface area contributed by atoms with Crippen LogP contribution < -0.4 is 4.90 Å². The van der Waals surface area contributed by atoms with Crippen molar-refractivity contribution in [3.05, 3.63) is 30.1 Å². The molecule has 8 nitrogen and oxygen atoms in total. The molecule has 27 heavy (non-hydrogen) atoms. The van der Waals surface area contributed by atoms with Crippen molar-refractivity contribution in [2.24, 2.45) is 0 Å². The maximum atomic E-state index is 11.6. The SMILES string of the molecule is COC(=O)N1CCC(c2noc(-c3cccc(N4CCOCC4)c3)n2)CC1. The van der Waals surface area contributed by atoms with Crippen LogP contribution >= 0.6 is 0 Å². The van der Waals surface area contributed by atoms with Crippen molar-refractivity contribution in [2.75, 3.05) is 51.4 Å². The fourth-order valence-corrected chi connectivity index (χ4v) is 3.62. The van der Waals surface area contributed by atoms with Gasteiger partial charge in [0.1, 0.15) is 0 Å². The molecule has 1 amide bonds. The lowest BCUT2D eigenvalue weighted by Crippen LogP contribution is -2.37. The molecule has 2 aliphatic rings. The highest BCUT2D eigenvalue weighted by Crippen LogP contribution is 2.29. The summed E-state index contributed by atoms with van der Waals surface area (Å²) in [6.45, 7) is 4.56. The second kappa shape index (κ2) is 7.96. The van der Waals surface area contributed by atoms with Crippen LogP contribution in [0.1, 0.15) is 24.6 Å². The van der Waals surface area contributed by atoms with Gasteiger partial charge in [-0.2, -0.15) is 4.98 Å². The van der Waals surface area contributed by atoms with Crippen molar-refractivity contribution in [3.8, 4) is 11.5 Å². The Hall–Kier alpha value is -2.61. The van der Waals surface area contributed by atoms with Crippen LogP contribution in [0, 0.1) is 0 Å². The summed E-state index contributed by atoms with van der Waals surface area (Å²) in [7, 11) is 1.41. The van der Waals surface area contributed by atoms with Crippen molar-refractivity contribution in [2.45, 2.75) is 18.8 Å². The van der Waals surface area contributed by atoms with E-state index in [0.29, 0.717) is 24.8 Å². The molecule has 4 rings (SSSR count). The highest BCUT2D eigenvalue weighted by molar-refractivity contribution is 5.67. The molecular formula is C19H24N4O4. The molecule has 1 aromatic carbocycles. The maximum Gasteiger partial charge on any atom is 0.409 e. The van der Waals surface area contributed by atoms with E-state index in [2.05, 4.69) is 27.2 Å². The van der Waals surface area contributed by atoms with Crippen LogP contribution in [-0.4, -0.2) is 67.6 Å². The van der Waals surface area contributed by atoms with E-state index < -0.39 is 0 Å². The van der Waals surface area contributed by atoms with Gasteiger partial charge in [0.2, 0.25) is 0 Å². The van der Waals surface area contributed by atoms with Gasteiger partial charge in [-0.1, -0.05) is 11.2 Å². The van der Waals surface area contributed by atoms with Crippen molar-refractivity contribution < 1.29 is 18.8 Å². The number of rotatable bonds is 3. The number of morpholine rings is 1. The molecular weight excluding hydrogens is 348 g/mol. The Morgan fingerprint density at radius 1 is 1.19 bits per heavy atom. The van der Waals surface area contributed by atoms with Gasteiger partial charge in [0.15, 0.2) is 5.82 Å². The number of methoxy groups -OCH3 is 1. The van der Waals surface area contributed by atoms with E-state index >= 15 is 0 Å². The molecule has 0 atom stereocenters. The average Bonchev–Trinajstić information content (AvgIpc) is 3.24. The van der Waals surface area contributed by atoms with E-state index in [-0.39, 0.29) is 12.0 Å². The first-order valence-electron chi connectivity index (χ1n) is 9.34. The van der Waals surface area contributed by atoms with E-state index in [0.717, 1.165) is 50.4 Å². The zero-order chi connectivity index (χ0) is 18.6. The van der Waals surface area contributed by atoms with Crippen LogP contribution in [0.3, 0.4) is 0 Å². The molecule has 2 aliphatic heterocycles.